The zero-order valence-corrected chi connectivity index (χ0v) is 11.8. The summed E-state index contributed by atoms with van der Waals surface area (Å²) in [6, 6.07) is 6.32. The third-order valence-corrected chi connectivity index (χ3v) is 4.43. The standard InChI is InChI=1S/C14H20BrNO/c1-10(11-5-2-3-6-11)16-9-12-7-4-8-13(15)14(12)17/h4,7-8,10-11,16-17H,2-3,5-6,9H2,1H3. The maximum Gasteiger partial charge on any atom is 0.134 e. The van der Waals surface area contributed by atoms with Crippen molar-refractivity contribution in [3.05, 3.63) is 28.2 Å². The molecule has 0 spiro atoms. The Labute approximate surface area is 112 Å². The van der Waals surface area contributed by atoms with Crippen LogP contribution < -0.4 is 5.32 Å². The summed E-state index contributed by atoms with van der Waals surface area (Å²) in [4.78, 5) is 0. The van der Waals surface area contributed by atoms with Crippen molar-refractivity contribution in [3.63, 3.8) is 0 Å². The number of aromatic hydroxyl groups is 1. The predicted molar refractivity (Wildman–Crippen MR) is 74.1 cm³/mol. The largest absolute Gasteiger partial charge is 0.506 e. The van der Waals surface area contributed by atoms with Crippen molar-refractivity contribution >= 4 is 15.9 Å². The molecule has 1 aromatic rings. The lowest BCUT2D eigenvalue weighted by Crippen LogP contribution is -2.31. The van der Waals surface area contributed by atoms with Crippen LogP contribution in [-0.4, -0.2) is 11.1 Å². The molecule has 3 heteroatoms. The van der Waals surface area contributed by atoms with E-state index in [4.69, 9.17) is 0 Å². The first-order valence-electron chi connectivity index (χ1n) is 6.38. The number of hydrogen-bond donors (Lipinski definition) is 2. The third kappa shape index (κ3) is 3.23. The van der Waals surface area contributed by atoms with Crippen LogP contribution in [0.5, 0.6) is 5.75 Å². The Kier molecular flexibility index (Phi) is 4.46. The molecule has 0 aliphatic heterocycles. The highest BCUT2D eigenvalue weighted by Gasteiger charge is 2.21. The number of hydrogen-bond acceptors (Lipinski definition) is 2. The van der Waals surface area contributed by atoms with E-state index in [1.165, 1.54) is 25.7 Å². The minimum atomic E-state index is 0.360. The van der Waals surface area contributed by atoms with E-state index >= 15 is 0 Å². The molecule has 2 rings (SSSR count). The molecule has 0 heterocycles. The van der Waals surface area contributed by atoms with Gasteiger partial charge in [0.2, 0.25) is 0 Å². The van der Waals surface area contributed by atoms with Crippen molar-refractivity contribution < 1.29 is 5.11 Å². The predicted octanol–water partition coefficient (Wildman–Crippen LogP) is 3.82. The van der Waals surface area contributed by atoms with Crippen molar-refractivity contribution in [1.82, 2.24) is 5.32 Å². The molecular formula is C14H20BrNO. The van der Waals surface area contributed by atoms with E-state index in [1.807, 2.05) is 18.2 Å². The minimum Gasteiger partial charge on any atom is -0.506 e. The van der Waals surface area contributed by atoms with Crippen LogP contribution in [0.3, 0.4) is 0 Å². The molecular weight excluding hydrogens is 278 g/mol. The Morgan fingerprint density at radius 2 is 2.12 bits per heavy atom. The van der Waals surface area contributed by atoms with Crippen LogP contribution >= 0.6 is 15.9 Å². The topological polar surface area (TPSA) is 32.3 Å². The summed E-state index contributed by atoms with van der Waals surface area (Å²) in [5.74, 6) is 1.17. The fourth-order valence-electron chi connectivity index (χ4n) is 2.60. The van der Waals surface area contributed by atoms with Gasteiger partial charge in [0.25, 0.3) is 0 Å². The van der Waals surface area contributed by atoms with Crippen LogP contribution in [0.2, 0.25) is 0 Å². The Balaban J connectivity index is 1.90. The Morgan fingerprint density at radius 3 is 2.82 bits per heavy atom. The number of phenols is 1. The first-order valence-corrected chi connectivity index (χ1v) is 7.17. The molecule has 17 heavy (non-hydrogen) atoms. The molecule has 1 aromatic carbocycles. The monoisotopic (exact) mass is 297 g/mol. The quantitative estimate of drug-likeness (QED) is 0.885. The summed E-state index contributed by atoms with van der Waals surface area (Å²) in [7, 11) is 0. The molecule has 1 fully saturated rings. The maximum absolute atomic E-state index is 9.89. The van der Waals surface area contributed by atoms with Gasteiger partial charge in [0, 0.05) is 18.2 Å². The second-order valence-corrected chi connectivity index (χ2v) is 5.82. The van der Waals surface area contributed by atoms with Crippen LogP contribution in [0.15, 0.2) is 22.7 Å². The van der Waals surface area contributed by atoms with Gasteiger partial charge in [-0.05, 0) is 47.7 Å². The summed E-state index contributed by atoms with van der Waals surface area (Å²) in [6.07, 6.45) is 5.44. The third-order valence-electron chi connectivity index (χ3n) is 3.79. The first-order chi connectivity index (χ1) is 8.18. The van der Waals surface area contributed by atoms with Gasteiger partial charge < -0.3 is 10.4 Å². The average molecular weight is 298 g/mol. The molecule has 0 radical (unpaired) electrons. The van der Waals surface area contributed by atoms with Gasteiger partial charge in [-0.3, -0.25) is 0 Å². The van der Waals surface area contributed by atoms with Crippen LogP contribution in [0.25, 0.3) is 0 Å². The molecule has 0 amide bonds. The number of benzene rings is 1. The van der Waals surface area contributed by atoms with E-state index in [1.54, 1.807) is 0 Å². The highest BCUT2D eigenvalue weighted by atomic mass is 79.9. The van der Waals surface area contributed by atoms with Crippen LogP contribution in [0.4, 0.5) is 0 Å². The molecule has 2 N–H and O–H groups in total. The van der Waals surface area contributed by atoms with Gasteiger partial charge >= 0.3 is 0 Å². The zero-order chi connectivity index (χ0) is 12.3. The molecule has 94 valence electrons. The highest BCUT2D eigenvalue weighted by molar-refractivity contribution is 9.10. The first kappa shape index (κ1) is 12.9. The van der Waals surface area contributed by atoms with Crippen molar-refractivity contribution in [2.24, 2.45) is 5.92 Å². The van der Waals surface area contributed by atoms with E-state index in [0.29, 0.717) is 11.8 Å². The maximum atomic E-state index is 9.89. The van der Waals surface area contributed by atoms with E-state index in [9.17, 15) is 5.11 Å². The second-order valence-electron chi connectivity index (χ2n) is 4.96. The van der Waals surface area contributed by atoms with E-state index in [-0.39, 0.29) is 0 Å². The number of rotatable bonds is 4. The fourth-order valence-corrected chi connectivity index (χ4v) is 3.00. The Morgan fingerprint density at radius 1 is 1.41 bits per heavy atom. The van der Waals surface area contributed by atoms with Crippen molar-refractivity contribution in [3.8, 4) is 5.75 Å². The molecule has 1 aliphatic carbocycles. The van der Waals surface area contributed by atoms with Gasteiger partial charge in [-0.25, -0.2) is 0 Å². The summed E-state index contributed by atoms with van der Waals surface area (Å²) in [6.45, 7) is 2.99. The smallest absolute Gasteiger partial charge is 0.134 e. The van der Waals surface area contributed by atoms with E-state index in [0.717, 1.165) is 22.5 Å². The van der Waals surface area contributed by atoms with Crippen LogP contribution in [0.1, 0.15) is 38.2 Å². The van der Waals surface area contributed by atoms with E-state index in [2.05, 4.69) is 28.2 Å². The van der Waals surface area contributed by atoms with Crippen molar-refractivity contribution in [2.45, 2.75) is 45.2 Å². The molecule has 0 saturated heterocycles. The Hall–Kier alpha value is -0.540. The van der Waals surface area contributed by atoms with Gasteiger partial charge in [0.15, 0.2) is 0 Å². The van der Waals surface area contributed by atoms with Crippen LogP contribution in [0, 0.1) is 5.92 Å². The van der Waals surface area contributed by atoms with Gasteiger partial charge in [-0.15, -0.1) is 0 Å². The molecule has 0 aromatic heterocycles. The lowest BCUT2D eigenvalue weighted by molar-refractivity contribution is 0.376. The lowest BCUT2D eigenvalue weighted by Gasteiger charge is -2.20. The van der Waals surface area contributed by atoms with Gasteiger partial charge in [0.05, 0.1) is 4.47 Å². The van der Waals surface area contributed by atoms with Gasteiger partial charge in [-0.2, -0.15) is 0 Å². The lowest BCUT2D eigenvalue weighted by atomic mass is 9.99. The zero-order valence-electron chi connectivity index (χ0n) is 10.2. The number of phenolic OH excluding ortho intramolecular Hbond substituents is 1. The van der Waals surface area contributed by atoms with Gasteiger partial charge in [-0.1, -0.05) is 25.0 Å². The summed E-state index contributed by atoms with van der Waals surface area (Å²) >= 11 is 3.34. The molecule has 0 bridgehead atoms. The van der Waals surface area contributed by atoms with Crippen LogP contribution in [-0.2, 0) is 6.54 Å². The molecule has 1 unspecified atom stereocenters. The summed E-state index contributed by atoms with van der Waals surface area (Å²) in [5.41, 5.74) is 0.962. The fraction of sp³-hybridized carbons (Fsp3) is 0.571. The summed E-state index contributed by atoms with van der Waals surface area (Å²) < 4.78 is 0.769. The molecule has 2 nitrogen and oxygen atoms in total. The molecule has 1 saturated carbocycles. The number of para-hydroxylation sites is 1. The minimum absolute atomic E-state index is 0.360. The molecule has 1 aliphatic rings. The number of nitrogens with one attached hydrogen (secondary N) is 1. The van der Waals surface area contributed by atoms with E-state index < -0.39 is 0 Å². The molecule has 1 atom stereocenters. The second kappa shape index (κ2) is 5.87. The summed E-state index contributed by atoms with van der Waals surface area (Å²) in [5, 5.41) is 13.4. The van der Waals surface area contributed by atoms with Crippen molar-refractivity contribution in [2.75, 3.05) is 0 Å². The average Bonchev–Trinajstić information content (AvgIpc) is 2.84. The van der Waals surface area contributed by atoms with Crippen molar-refractivity contribution in [1.29, 1.82) is 0 Å². The SMILES string of the molecule is CC(NCc1cccc(Br)c1O)C1CCCC1. The number of halogens is 1. The Bertz CT molecular complexity index is 374. The highest BCUT2D eigenvalue weighted by Crippen LogP contribution is 2.29. The van der Waals surface area contributed by atoms with Gasteiger partial charge in [0.1, 0.15) is 5.75 Å². The normalized spacial score (nSPS) is 18.5.